The van der Waals surface area contributed by atoms with Gasteiger partial charge in [-0.3, -0.25) is 19.4 Å². The van der Waals surface area contributed by atoms with Crippen molar-refractivity contribution < 1.29 is 14.7 Å². The molecule has 1 atom stereocenters. The van der Waals surface area contributed by atoms with E-state index >= 15 is 0 Å². The number of hydrogen-bond acceptors (Lipinski definition) is 6. The van der Waals surface area contributed by atoms with Crippen LogP contribution in [0.4, 0.5) is 0 Å². The number of aliphatic carboxylic acids is 1. The van der Waals surface area contributed by atoms with Crippen LogP contribution in [0.2, 0.25) is 0 Å². The molecule has 0 aromatic carbocycles. The van der Waals surface area contributed by atoms with Gasteiger partial charge in [-0.05, 0) is 12.1 Å². The second kappa shape index (κ2) is 5.31. The Kier molecular flexibility index (Phi) is 3.24. The van der Waals surface area contributed by atoms with Crippen LogP contribution in [0.5, 0.6) is 0 Å². The Morgan fingerprint density at radius 1 is 1.46 bits per heavy atom. The Labute approximate surface area is 140 Å². The van der Waals surface area contributed by atoms with Crippen molar-refractivity contribution in [3.63, 3.8) is 0 Å². The van der Waals surface area contributed by atoms with Gasteiger partial charge in [0.25, 0.3) is 5.91 Å². The molecule has 24 heavy (non-hydrogen) atoms. The van der Waals surface area contributed by atoms with Crippen LogP contribution in [0, 0.1) is 0 Å². The number of carbonyl (C=O) groups is 2. The highest BCUT2D eigenvalue weighted by Crippen LogP contribution is 2.52. The lowest BCUT2D eigenvalue weighted by Crippen LogP contribution is -2.51. The Balaban J connectivity index is 1.72. The van der Waals surface area contributed by atoms with Gasteiger partial charge in [0, 0.05) is 29.9 Å². The van der Waals surface area contributed by atoms with Crippen LogP contribution < -0.4 is 0 Å². The molecule has 2 aliphatic rings. The topological polar surface area (TPSA) is 101 Å². The maximum Gasteiger partial charge on any atom is 0.353 e. The molecule has 4 heterocycles. The lowest BCUT2D eigenvalue weighted by Gasteiger charge is -2.36. The number of hydrogen-bond donors (Lipinski definition) is 1. The van der Waals surface area contributed by atoms with Gasteiger partial charge in [-0.1, -0.05) is 23.0 Å². The molecule has 1 fully saturated rings. The van der Waals surface area contributed by atoms with Crippen molar-refractivity contribution in [3.8, 4) is 0 Å². The molecule has 1 amide bonds. The standard InChI is InChI=1S/C15H11N5O3S/c1-19-7-9(17-18-19)5-10-13(21)20-11(15(22)23)12(24-14(10)20)8-3-2-4-16-6-8/h2-7,14H,1H3,(H,22,23)/b10-5-/t14-/m1/s1. The van der Waals surface area contributed by atoms with Crippen molar-refractivity contribution in [2.75, 3.05) is 0 Å². The monoisotopic (exact) mass is 341 g/mol. The van der Waals surface area contributed by atoms with E-state index in [0.717, 1.165) is 0 Å². The van der Waals surface area contributed by atoms with Crippen molar-refractivity contribution in [3.05, 3.63) is 53.3 Å². The molecule has 1 N–H and O–H groups in total. The predicted molar refractivity (Wildman–Crippen MR) is 86.0 cm³/mol. The van der Waals surface area contributed by atoms with Crippen LogP contribution in [-0.4, -0.2) is 47.2 Å². The normalized spacial score (nSPS) is 21.2. The third-order valence-corrected chi connectivity index (χ3v) is 5.05. The van der Waals surface area contributed by atoms with Gasteiger partial charge in [0.05, 0.1) is 11.8 Å². The van der Waals surface area contributed by atoms with E-state index in [1.54, 1.807) is 43.8 Å². The first-order valence-electron chi connectivity index (χ1n) is 7.02. The quantitative estimate of drug-likeness (QED) is 0.655. The fourth-order valence-electron chi connectivity index (χ4n) is 2.66. The summed E-state index contributed by atoms with van der Waals surface area (Å²) in [6, 6.07) is 3.51. The first-order chi connectivity index (χ1) is 11.6. The van der Waals surface area contributed by atoms with E-state index < -0.39 is 5.97 Å². The summed E-state index contributed by atoms with van der Waals surface area (Å²) in [5.41, 5.74) is 1.76. The summed E-state index contributed by atoms with van der Waals surface area (Å²) >= 11 is 1.33. The molecule has 0 spiro atoms. The molecular formula is C15H11N5O3S. The molecule has 0 aliphatic carbocycles. The van der Waals surface area contributed by atoms with Gasteiger partial charge >= 0.3 is 5.97 Å². The Hall–Kier alpha value is -2.94. The SMILES string of the molecule is Cn1cc(/C=C2/C(=O)N3C(C(=O)O)=C(c4cccnc4)S[C@H]23)nn1. The van der Waals surface area contributed by atoms with Gasteiger partial charge in [0.1, 0.15) is 16.8 Å². The van der Waals surface area contributed by atoms with Crippen LogP contribution in [-0.2, 0) is 16.6 Å². The lowest BCUT2D eigenvalue weighted by molar-refractivity contribution is -0.140. The molecule has 9 heteroatoms. The highest BCUT2D eigenvalue weighted by atomic mass is 32.2. The third kappa shape index (κ3) is 2.13. The number of nitrogens with zero attached hydrogens (tertiary/aromatic N) is 5. The highest BCUT2D eigenvalue weighted by Gasteiger charge is 2.52. The molecule has 2 aromatic rings. The number of carboxylic acids is 1. The lowest BCUT2D eigenvalue weighted by atomic mass is 10.0. The largest absolute Gasteiger partial charge is 0.477 e. The summed E-state index contributed by atoms with van der Waals surface area (Å²) in [4.78, 5) is 29.9. The van der Waals surface area contributed by atoms with E-state index in [1.807, 2.05) is 0 Å². The minimum Gasteiger partial charge on any atom is -0.477 e. The summed E-state index contributed by atoms with van der Waals surface area (Å²) in [7, 11) is 1.73. The van der Waals surface area contributed by atoms with Crippen molar-refractivity contribution in [2.45, 2.75) is 5.37 Å². The van der Waals surface area contributed by atoms with E-state index in [1.165, 1.54) is 21.3 Å². The molecule has 0 radical (unpaired) electrons. The average Bonchev–Trinajstić information content (AvgIpc) is 3.15. The van der Waals surface area contributed by atoms with Crippen molar-refractivity contribution in [1.82, 2.24) is 24.9 Å². The average molecular weight is 341 g/mol. The van der Waals surface area contributed by atoms with Gasteiger partial charge in [0.15, 0.2) is 0 Å². The van der Waals surface area contributed by atoms with E-state index in [2.05, 4.69) is 15.3 Å². The number of aryl methyl sites for hydroxylation is 1. The van der Waals surface area contributed by atoms with Crippen LogP contribution in [0.1, 0.15) is 11.3 Å². The number of fused-ring (bicyclic) bond motifs is 1. The Morgan fingerprint density at radius 3 is 2.92 bits per heavy atom. The molecule has 4 rings (SSSR count). The second-order valence-corrected chi connectivity index (χ2v) is 6.38. The maximum absolute atomic E-state index is 12.4. The molecule has 0 bridgehead atoms. The van der Waals surface area contributed by atoms with E-state index in [4.69, 9.17) is 0 Å². The predicted octanol–water partition coefficient (Wildman–Crippen LogP) is 0.962. The summed E-state index contributed by atoms with van der Waals surface area (Å²) in [6.45, 7) is 0. The minimum absolute atomic E-state index is 0.000652. The Morgan fingerprint density at radius 2 is 2.29 bits per heavy atom. The van der Waals surface area contributed by atoms with Gasteiger partial charge in [-0.2, -0.15) is 0 Å². The second-order valence-electron chi connectivity index (χ2n) is 5.29. The number of thioether (sulfide) groups is 1. The van der Waals surface area contributed by atoms with Crippen LogP contribution >= 0.6 is 11.8 Å². The fraction of sp³-hybridized carbons (Fsp3) is 0.133. The molecular weight excluding hydrogens is 330 g/mol. The van der Waals surface area contributed by atoms with Gasteiger partial charge in [-0.25, -0.2) is 4.79 Å². The fourth-order valence-corrected chi connectivity index (χ4v) is 4.04. The van der Waals surface area contributed by atoms with Crippen LogP contribution in [0.15, 0.2) is 42.0 Å². The number of rotatable bonds is 3. The van der Waals surface area contributed by atoms with Crippen molar-refractivity contribution in [2.24, 2.45) is 7.05 Å². The molecule has 0 unspecified atom stereocenters. The van der Waals surface area contributed by atoms with E-state index in [-0.39, 0.29) is 17.0 Å². The van der Waals surface area contributed by atoms with Gasteiger partial charge < -0.3 is 5.11 Å². The third-order valence-electron chi connectivity index (χ3n) is 3.70. The molecule has 2 aromatic heterocycles. The number of aromatic nitrogens is 4. The summed E-state index contributed by atoms with van der Waals surface area (Å²) in [5.74, 6) is -1.45. The zero-order chi connectivity index (χ0) is 16.8. The molecule has 120 valence electrons. The summed E-state index contributed by atoms with van der Waals surface area (Å²) < 4.78 is 1.54. The molecule has 0 saturated carbocycles. The number of β-lactam (4-membered cyclic amide) rings is 1. The van der Waals surface area contributed by atoms with Crippen molar-refractivity contribution >= 4 is 34.6 Å². The Bertz CT molecular complexity index is 918. The summed E-state index contributed by atoms with van der Waals surface area (Å²) in [5, 5.41) is 16.9. The highest BCUT2D eigenvalue weighted by molar-refractivity contribution is 8.09. The van der Waals surface area contributed by atoms with Gasteiger partial charge in [0.2, 0.25) is 0 Å². The molecule has 8 nitrogen and oxygen atoms in total. The zero-order valence-electron chi connectivity index (χ0n) is 12.4. The number of amides is 1. The first kappa shape index (κ1) is 14.6. The zero-order valence-corrected chi connectivity index (χ0v) is 13.3. The maximum atomic E-state index is 12.4. The summed E-state index contributed by atoms with van der Waals surface area (Å²) in [6.07, 6.45) is 6.54. The number of carbonyl (C=O) groups excluding carboxylic acids is 1. The van der Waals surface area contributed by atoms with E-state index in [9.17, 15) is 14.7 Å². The van der Waals surface area contributed by atoms with E-state index in [0.29, 0.717) is 21.7 Å². The van der Waals surface area contributed by atoms with Crippen molar-refractivity contribution in [1.29, 1.82) is 0 Å². The van der Waals surface area contributed by atoms with Crippen LogP contribution in [0.3, 0.4) is 0 Å². The van der Waals surface area contributed by atoms with Gasteiger partial charge in [-0.15, -0.1) is 5.10 Å². The molecule has 2 aliphatic heterocycles. The smallest absolute Gasteiger partial charge is 0.353 e. The first-order valence-corrected chi connectivity index (χ1v) is 7.90. The molecule has 1 saturated heterocycles. The number of pyridine rings is 1. The minimum atomic E-state index is -1.13. The van der Waals surface area contributed by atoms with Crippen LogP contribution in [0.25, 0.3) is 11.0 Å². The number of carboxylic acid groups (broad SMARTS) is 1.